The van der Waals surface area contributed by atoms with E-state index < -0.39 is 33.8 Å². The highest BCUT2D eigenvalue weighted by Crippen LogP contribution is 2.30. The zero-order valence-corrected chi connectivity index (χ0v) is 9.93. The molecule has 8 heteroatoms. The Bertz CT molecular complexity index is 513. The smallest absolute Gasteiger partial charge is 0.324 e. The summed E-state index contributed by atoms with van der Waals surface area (Å²) in [7, 11) is -4.67. The molecule has 0 aliphatic carbocycles. The maximum atomic E-state index is 12.4. The van der Waals surface area contributed by atoms with Gasteiger partial charge in [-0.2, -0.15) is 21.6 Å². The normalized spacial score (nSPS) is 14.5. The topological polar surface area (TPSA) is 60.2 Å². The Hall–Kier alpha value is -1.15. The van der Waals surface area contributed by atoms with Gasteiger partial charge in [-0.1, -0.05) is 12.1 Å². The van der Waals surface area contributed by atoms with Crippen LogP contribution >= 0.6 is 0 Å². The zero-order valence-electron chi connectivity index (χ0n) is 9.11. The molecule has 0 amide bonds. The number of hydrogen-bond acceptors (Lipinski definition) is 3. The minimum Gasteiger partial charge on any atom is -0.324 e. The molecule has 0 saturated carbocycles. The molecule has 0 aromatic heterocycles. The molecular formula is C10H11F4NO2S. The summed E-state index contributed by atoms with van der Waals surface area (Å²) in [5, 5.41) is 0. The predicted molar refractivity (Wildman–Crippen MR) is 57.9 cm³/mol. The van der Waals surface area contributed by atoms with Crippen molar-refractivity contribution in [1.82, 2.24) is 0 Å². The molecule has 0 bridgehead atoms. The van der Waals surface area contributed by atoms with Crippen molar-refractivity contribution in [3.8, 4) is 0 Å². The van der Waals surface area contributed by atoms with Gasteiger partial charge in [0, 0.05) is 6.04 Å². The van der Waals surface area contributed by atoms with Crippen LogP contribution in [0.15, 0.2) is 24.3 Å². The second kappa shape index (κ2) is 5.23. The van der Waals surface area contributed by atoms with E-state index in [2.05, 4.69) is 0 Å². The molecule has 0 saturated heterocycles. The number of hydrogen-bond donors (Lipinski definition) is 1. The molecule has 0 spiro atoms. The van der Waals surface area contributed by atoms with Crippen molar-refractivity contribution < 1.29 is 25.5 Å². The maximum absolute atomic E-state index is 12.4. The van der Waals surface area contributed by atoms with Gasteiger partial charge in [-0.05, 0) is 24.1 Å². The largest absolute Gasteiger partial charge is 0.416 e. The minimum atomic E-state index is -4.67. The lowest BCUT2D eigenvalue weighted by Crippen LogP contribution is -2.15. The van der Waals surface area contributed by atoms with Crippen molar-refractivity contribution in [2.24, 2.45) is 5.73 Å². The molecule has 102 valence electrons. The standard InChI is InChI=1S/C10H11F4NO2S/c11-10(12,13)8-3-1-2-7(6-8)9(15)4-5-18(14,16)17/h1-3,6,9H,4-5,15H2. The number of nitrogens with two attached hydrogens (primary N) is 1. The average molecular weight is 285 g/mol. The number of rotatable bonds is 4. The van der Waals surface area contributed by atoms with Gasteiger partial charge < -0.3 is 5.73 Å². The number of alkyl halides is 3. The van der Waals surface area contributed by atoms with Gasteiger partial charge in [0.25, 0.3) is 0 Å². The van der Waals surface area contributed by atoms with Gasteiger partial charge in [-0.25, -0.2) is 0 Å². The van der Waals surface area contributed by atoms with Crippen molar-refractivity contribution in [3.05, 3.63) is 35.4 Å². The summed E-state index contributed by atoms with van der Waals surface area (Å²) in [4.78, 5) is 0. The first kappa shape index (κ1) is 14.9. The molecule has 0 heterocycles. The highest BCUT2D eigenvalue weighted by molar-refractivity contribution is 7.86. The van der Waals surface area contributed by atoms with Gasteiger partial charge in [-0.15, -0.1) is 3.89 Å². The minimum absolute atomic E-state index is 0.119. The van der Waals surface area contributed by atoms with Crippen LogP contribution < -0.4 is 5.73 Å². The van der Waals surface area contributed by atoms with Crippen LogP contribution in [0.4, 0.5) is 17.1 Å². The van der Waals surface area contributed by atoms with Crippen molar-refractivity contribution in [1.29, 1.82) is 0 Å². The summed E-state index contributed by atoms with van der Waals surface area (Å²) in [6.45, 7) is 0. The van der Waals surface area contributed by atoms with Crippen LogP contribution in [0, 0.1) is 0 Å². The van der Waals surface area contributed by atoms with Crippen LogP contribution in [0.25, 0.3) is 0 Å². The molecule has 3 nitrogen and oxygen atoms in total. The second-order valence-electron chi connectivity index (χ2n) is 3.76. The Labute approximate surface area is 102 Å². The van der Waals surface area contributed by atoms with Gasteiger partial charge in [0.15, 0.2) is 0 Å². The lowest BCUT2D eigenvalue weighted by Gasteiger charge is -2.13. The Morgan fingerprint density at radius 2 is 1.89 bits per heavy atom. The van der Waals surface area contributed by atoms with E-state index in [0.717, 1.165) is 12.1 Å². The molecule has 1 atom stereocenters. The van der Waals surface area contributed by atoms with Crippen LogP contribution in [-0.4, -0.2) is 14.2 Å². The van der Waals surface area contributed by atoms with Crippen LogP contribution in [0.5, 0.6) is 0 Å². The van der Waals surface area contributed by atoms with Crippen LogP contribution in [0.2, 0.25) is 0 Å². The molecule has 18 heavy (non-hydrogen) atoms. The van der Waals surface area contributed by atoms with Crippen LogP contribution in [0.1, 0.15) is 23.6 Å². The fourth-order valence-corrected chi connectivity index (χ4v) is 1.92. The quantitative estimate of drug-likeness (QED) is 0.682. The molecule has 1 unspecified atom stereocenters. The molecule has 1 aromatic rings. The van der Waals surface area contributed by atoms with Crippen molar-refractivity contribution in [2.75, 3.05) is 5.75 Å². The van der Waals surface area contributed by atoms with Gasteiger partial charge in [0.05, 0.1) is 11.3 Å². The number of benzene rings is 1. The highest BCUT2D eigenvalue weighted by atomic mass is 32.3. The zero-order chi connectivity index (χ0) is 14.0. The Kier molecular flexibility index (Phi) is 4.33. The first-order valence-electron chi connectivity index (χ1n) is 4.94. The van der Waals surface area contributed by atoms with Crippen LogP contribution in [-0.2, 0) is 16.4 Å². The number of halogens is 4. The van der Waals surface area contributed by atoms with Gasteiger partial charge in [-0.3, -0.25) is 0 Å². The average Bonchev–Trinajstić information content (AvgIpc) is 2.24. The summed E-state index contributed by atoms with van der Waals surface area (Å²) >= 11 is 0. The summed E-state index contributed by atoms with van der Waals surface area (Å²) in [5.74, 6) is -0.815. The molecule has 1 rings (SSSR count). The maximum Gasteiger partial charge on any atom is 0.416 e. The highest BCUT2D eigenvalue weighted by Gasteiger charge is 2.30. The Morgan fingerprint density at radius 3 is 2.39 bits per heavy atom. The fourth-order valence-electron chi connectivity index (χ4n) is 1.38. The van der Waals surface area contributed by atoms with E-state index in [-0.39, 0.29) is 12.0 Å². The molecule has 0 fully saturated rings. The third kappa shape index (κ3) is 4.61. The van der Waals surface area contributed by atoms with Gasteiger partial charge >= 0.3 is 16.4 Å². The molecule has 2 N–H and O–H groups in total. The summed E-state index contributed by atoms with van der Waals surface area (Å²) < 4.78 is 70.1. The van der Waals surface area contributed by atoms with E-state index in [4.69, 9.17) is 5.73 Å². The SMILES string of the molecule is NC(CCS(=O)(=O)F)c1cccc(C(F)(F)F)c1. The Balaban J connectivity index is 2.84. The van der Waals surface area contributed by atoms with Gasteiger partial charge in [0.1, 0.15) is 0 Å². The molecule has 0 aliphatic rings. The summed E-state index contributed by atoms with van der Waals surface area (Å²) in [5.41, 5.74) is 4.76. The third-order valence-electron chi connectivity index (χ3n) is 2.31. The lowest BCUT2D eigenvalue weighted by molar-refractivity contribution is -0.137. The first-order chi connectivity index (χ1) is 8.09. The van der Waals surface area contributed by atoms with Gasteiger partial charge in [0.2, 0.25) is 0 Å². The lowest BCUT2D eigenvalue weighted by atomic mass is 10.0. The van der Waals surface area contributed by atoms with Crippen LogP contribution in [0.3, 0.4) is 0 Å². The van der Waals surface area contributed by atoms with E-state index in [1.165, 1.54) is 12.1 Å². The van der Waals surface area contributed by atoms with E-state index in [9.17, 15) is 25.5 Å². The van der Waals surface area contributed by atoms with Crippen molar-refractivity contribution in [2.45, 2.75) is 18.6 Å². The van der Waals surface area contributed by atoms with E-state index in [1.807, 2.05) is 0 Å². The fraction of sp³-hybridized carbons (Fsp3) is 0.400. The van der Waals surface area contributed by atoms with Crippen molar-refractivity contribution in [3.63, 3.8) is 0 Å². The van der Waals surface area contributed by atoms with Crippen molar-refractivity contribution >= 4 is 10.2 Å². The van der Waals surface area contributed by atoms with E-state index >= 15 is 0 Å². The molecule has 1 aromatic carbocycles. The summed E-state index contributed by atoms with van der Waals surface area (Å²) in [6.07, 6.45) is -4.78. The summed E-state index contributed by atoms with van der Waals surface area (Å²) in [6, 6.07) is 3.25. The predicted octanol–water partition coefficient (Wildman–Crippen LogP) is 2.39. The molecule has 0 aliphatic heterocycles. The van der Waals surface area contributed by atoms with E-state index in [1.54, 1.807) is 0 Å². The van der Waals surface area contributed by atoms with E-state index in [0.29, 0.717) is 0 Å². The second-order valence-corrected chi connectivity index (χ2v) is 5.25. The third-order valence-corrected chi connectivity index (χ3v) is 3.04. The first-order valence-corrected chi connectivity index (χ1v) is 6.50. The molecule has 0 radical (unpaired) electrons. The monoisotopic (exact) mass is 285 g/mol. The Morgan fingerprint density at radius 1 is 1.28 bits per heavy atom. The molecular weight excluding hydrogens is 274 g/mol.